The van der Waals surface area contributed by atoms with Gasteiger partial charge < -0.3 is 14.6 Å². The minimum atomic E-state index is -1.10. The first-order valence-electron chi connectivity index (χ1n) is 7.38. The highest BCUT2D eigenvalue weighted by molar-refractivity contribution is 5.95. The second-order valence-electron chi connectivity index (χ2n) is 5.10. The topological polar surface area (TPSA) is 137 Å². The van der Waals surface area contributed by atoms with Gasteiger partial charge in [0.25, 0.3) is 5.88 Å². The van der Waals surface area contributed by atoms with Gasteiger partial charge in [-0.3, -0.25) is 9.36 Å². The first-order valence-corrected chi connectivity index (χ1v) is 7.38. The fourth-order valence-electron chi connectivity index (χ4n) is 2.41. The maximum atomic E-state index is 11.0. The standard InChI is InChI=1S/C16H13N5O4/c1-2-12-18-10(7-17)15(25-12)20-19-14-9-5-3-4-6-11(9)21(16(14)24)8-13(22)23/h3-6,24H,2,8H2,1H3,(H,22,23). The van der Waals surface area contributed by atoms with Crippen LogP contribution in [-0.4, -0.2) is 25.7 Å². The van der Waals surface area contributed by atoms with E-state index < -0.39 is 12.5 Å². The molecule has 0 aliphatic carbocycles. The molecule has 0 amide bonds. The smallest absolute Gasteiger partial charge is 0.323 e. The Hall–Kier alpha value is -3.67. The van der Waals surface area contributed by atoms with E-state index in [2.05, 4.69) is 15.2 Å². The Balaban J connectivity index is 2.10. The van der Waals surface area contributed by atoms with Crippen molar-refractivity contribution in [2.75, 3.05) is 0 Å². The van der Waals surface area contributed by atoms with Crippen molar-refractivity contribution in [1.29, 1.82) is 5.26 Å². The first-order chi connectivity index (χ1) is 12.0. The van der Waals surface area contributed by atoms with Gasteiger partial charge in [0.1, 0.15) is 12.6 Å². The van der Waals surface area contributed by atoms with Crippen molar-refractivity contribution in [3.63, 3.8) is 0 Å². The summed E-state index contributed by atoms with van der Waals surface area (Å²) in [4.78, 5) is 15.0. The molecule has 1 aromatic carbocycles. The van der Waals surface area contributed by atoms with Gasteiger partial charge in [-0.15, -0.1) is 10.2 Å². The predicted octanol–water partition coefficient (Wildman–Crippen LogP) is 3.27. The molecule has 0 saturated carbocycles. The van der Waals surface area contributed by atoms with Gasteiger partial charge in [-0.2, -0.15) is 5.26 Å². The van der Waals surface area contributed by atoms with E-state index in [1.54, 1.807) is 24.3 Å². The fourth-order valence-corrected chi connectivity index (χ4v) is 2.41. The fraction of sp³-hybridized carbons (Fsp3) is 0.188. The van der Waals surface area contributed by atoms with Crippen molar-refractivity contribution in [2.24, 2.45) is 10.2 Å². The van der Waals surface area contributed by atoms with E-state index in [1.165, 1.54) is 4.57 Å². The van der Waals surface area contributed by atoms with Gasteiger partial charge in [0.2, 0.25) is 11.6 Å². The lowest BCUT2D eigenvalue weighted by molar-refractivity contribution is -0.137. The highest BCUT2D eigenvalue weighted by Gasteiger charge is 2.19. The average molecular weight is 339 g/mol. The number of aromatic hydroxyl groups is 1. The van der Waals surface area contributed by atoms with Crippen LogP contribution in [0.5, 0.6) is 5.88 Å². The van der Waals surface area contributed by atoms with Gasteiger partial charge in [0, 0.05) is 11.8 Å². The van der Waals surface area contributed by atoms with Crippen molar-refractivity contribution < 1.29 is 19.4 Å². The van der Waals surface area contributed by atoms with Crippen LogP contribution in [0.2, 0.25) is 0 Å². The number of aromatic nitrogens is 2. The van der Waals surface area contributed by atoms with Crippen molar-refractivity contribution in [3.8, 4) is 11.9 Å². The maximum absolute atomic E-state index is 11.0. The Bertz CT molecular complexity index is 1030. The summed E-state index contributed by atoms with van der Waals surface area (Å²) in [5.41, 5.74) is 0.591. The number of aryl methyl sites for hydroxylation is 1. The van der Waals surface area contributed by atoms with E-state index in [-0.39, 0.29) is 23.1 Å². The number of benzene rings is 1. The van der Waals surface area contributed by atoms with E-state index in [1.807, 2.05) is 13.0 Å². The van der Waals surface area contributed by atoms with E-state index in [4.69, 9.17) is 14.8 Å². The molecular weight excluding hydrogens is 326 g/mol. The minimum absolute atomic E-state index is 0.00522. The quantitative estimate of drug-likeness (QED) is 0.684. The van der Waals surface area contributed by atoms with Crippen LogP contribution in [0, 0.1) is 11.3 Å². The maximum Gasteiger partial charge on any atom is 0.323 e. The number of carboxylic acid groups (broad SMARTS) is 1. The van der Waals surface area contributed by atoms with Crippen LogP contribution in [-0.2, 0) is 17.8 Å². The molecule has 2 heterocycles. The number of azo groups is 1. The lowest BCUT2D eigenvalue weighted by Crippen LogP contribution is -2.07. The van der Waals surface area contributed by atoms with E-state index in [0.29, 0.717) is 23.2 Å². The van der Waals surface area contributed by atoms with Crippen molar-refractivity contribution in [3.05, 3.63) is 35.9 Å². The Morgan fingerprint density at radius 3 is 2.84 bits per heavy atom. The zero-order valence-electron chi connectivity index (χ0n) is 13.2. The second kappa shape index (κ2) is 6.45. The molecule has 0 atom stereocenters. The van der Waals surface area contributed by atoms with Crippen molar-refractivity contribution in [2.45, 2.75) is 19.9 Å². The molecule has 0 aliphatic heterocycles. The molecule has 0 fully saturated rings. The number of oxazole rings is 1. The zero-order chi connectivity index (χ0) is 18.0. The van der Waals surface area contributed by atoms with Crippen LogP contribution < -0.4 is 0 Å². The van der Waals surface area contributed by atoms with Gasteiger partial charge in [0.15, 0.2) is 11.6 Å². The highest BCUT2D eigenvalue weighted by atomic mass is 16.4. The van der Waals surface area contributed by atoms with Crippen molar-refractivity contribution in [1.82, 2.24) is 9.55 Å². The molecule has 0 radical (unpaired) electrons. The Morgan fingerprint density at radius 1 is 1.40 bits per heavy atom. The molecule has 3 aromatic rings. The van der Waals surface area contributed by atoms with Gasteiger partial charge in [-0.05, 0) is 6.07 Å². The van der Waals surface area contributed by atoms with E-state index >= 15 is 0 Å². The average Bonchev–Trinajstić information content (AvgIpc) is 3.12. The van der Waals surface area contributed by atoms with Crippen LogP contribution in [0.4, 0.5) is 11.6 Å². The number of hydrogen-bond donors (Lipinski definition) is 2. The summed E-state index contributed by atoms with van der Waals surface area (Å²) in [6.45, 7) is 1.40. The van der Waals surface area contributed by atoms with Crippen LogP contribution in [0.25, 0.3) is 10.9 Å². The molecule has 3 rings (SSSR count). The monoisotopic (exact) mass is 339 g/mol. The summed E-state index contributed by atoms with van der Waals surface area (Å²) in [6, 6.07) is 8.67. The predicted molar refractivity (Wildman–Crippen MR) is 86.0 cm³/mol. The summed E-state index contributed by atoms with van der Waals surface area (Å²) >= 11 is 0. The molecule has 2 aromatic heterocycles. The van der Waals surface area contributed by atoms with E-state index in [0.717, 1.165) is 0 Å². The number of carbonyl (C=O) groups is 1. The summed E-state index contributed by atoms with van der Waals surface area (Å²) in [6.07, 6.45) is 0.493. The summed E-state index contributed by atoms with van der Waals surface area (Å²) < 4.78 is 6.54. The molecule has 2 N–H and O–H groups in total. The van der Waals surface area contributed by atoms with Gasteiger partial charge in [0.05, 0.1) is 5.52 Å². The second-order valence-corrected chi connectivity index (χ2v) is 5.10. The number of nitriles is 1. The van der Waals surface area contributed by atoms with Crippen LogP contribution in [0.1, 0.15) is 18.5 Å². The largest absolute Gasteiger partial charge is 0.493 e. The molecule has 9 heteroatoms. The molecule has 0 unspecified atom stereocenters. The van der Waals surface area contributed by atoms with Crippen LogP contribution in [0.15, 0.2) is 38.9 Å². The lowest BCUT2D eigenvalue weighted by atomic mass is 10.2. The molecule has 0 bridgehead atoms. The zero-order valence-corrected chi connectivity index (χ0v) is 13.2. The highest BCUT2D eigenvalue weighted by Crippen LogP contribution is 2.39. The number of fused-ring (bicyclic) bond motifs is 1. The third-order valence-corrected chi connectivity index (χ3v) is 3.51. The van der Waals surface area contributed by atoms with Crippen LogP contribution >= 0.6 is 0 Å². The molecule has 0 saturated heterocycles. The van der Waals surface area contributed by atoms with Gasteiger partial charge in [-0.1, -0.05) is 25.1 Å². The molecule has 25 heavy (non-hydrogen) atoms. The molecule has 126 valence electrons. The number of para-hydroxylation sites is 1. The van der Waals surface area contributed by atoms with Gasteiger partial charge >= 0.3 is 5.97 Å². The Kier molecular flexibility index (Phi) is 4.18. The third-order valence-electron chi connectivity index (χ3n) is 3.51. The summed E-state index contributed by atoms with van der Waals surface area (Å²) in [5.74, 6) is -1.15. The number of rotatable bonds is 5. The number of hydrogen-bond acceptors (Lipinski definition) is 7. The van der Waals surface area contributed by atoms with Gasteiger partial charge in [-0.25, -0.2) is 4.98 Å². The minimum Gasteiger partial charge on any atom is -0.493 e. The molecule has 0 spiro atoms. The molecule has 9 nitrogen and oxygen atoms in total. The Labute approximate surface area is 141 Å². The first kappa shape index (κ1) is 16.2. The third kappa shape index (κ3) is 2.92. The van der Waals surface area contributed by atoms with E-state index in [9.17, 15) is 9.90 Å². The van der Waals surface area contributed by atoms with Crippen molar-refractivity contribution >= 4 is 28.4 Å². The Morgan fingerprint density at radius 2 is 2.16 bits per heavy atom. The summed E-state index contributed by atoms with van der Waals surface area (Å²) in [5, 5.41) is 36.8. The summed E-state index contributed by atoms with van der Waals surface area (Å²) in [7, 11) is 0. The number of carboxylic acids is 1. The molecule has 0 aliphatic rings. The molecular formula is C16H13N5O4. The number of aliphatic carboxylic acids is 1. The van der Waals surface area contributed by atoms with Crippen LogP contribution in [0.3, 0.4) is 0 Å². The number of nitrogens with zero attached hydrogens (tertiary/aromatic N) is 5. The lowest BCUT2D eigenvalue weighted by Gasteiger charge is -2.02. The SMILES string of the molecule is CCc1nc(C#N)c(N=Nc2c(O)n(CC(=O)O)c3ccccc23)o1. The normalized spacial score (nSPS) is 11.2.